The predicted molar refractivity (Wildman–Crippen MR) is 120 cm³/mol. The van der Waals surface area contributed by atoms with Gasteiger partial charge in [-0.1, -0.05) is 67.2 Å². The van der Waals surface area contributed by atoms with E-state index in [1.54, 1.807) is 25.0 Å². The van der Waals surface area contributed by atoms with Crippen molar-refractivity contribution in [3.8, 4) is 11.8 Å². The maximum atomic E-state index is 9.85. The summed E-state index contributed by atoms with van der Waals surface area (Å²) in [5.74, 6) is 7.31. The summed E-state index contributed by atoms with van der Waals surface area (Å²) in [7, 11) is 0. The van der Waals surface area contributed by atoms with Gasteiger partial charge in [0.15, 0.2) is 0 Å². The van der Waals surface area contributed by atoms with Crippen molar-refractivity contribution in [3.05, 3.63) is 47.1 Å². The largest absolute Gasteiger partial charge is 0.378 e. The van der Waals surface area contributed by atoms with Gasteiger partial charge in [-0.3, -0.25) is 0 Å². The molecule has 28 heavy (non-hydrogen) atoms. The van der Waals surface area contributed by atoms with Gasteiger partial charge in [0.05, 0.1) is 0 Å². The normalized spacial score (nSPS) is 32.0. The van der Waals surface area contributed by atoms with Crippen LogP contribution in [0.25, 0.3) is 0 Å². The maximum absolute atomic E-state index is 9.85. The minimum absolute atomic E-state index is 0.280. The van der Waals surface area contributed by atoms with Gasteiger partial charge in [-0.05, 0) is 88.0 Å². The predicted octanol–water partition coefficient (Wildman–Crippen LogP) is 6.91. The van der Waals surface area contributed by atoms with Gasteiger partial charge in [0.25, 0.3) is 0 Å². The zero-order valence-corrected chi connectivity index (χ0v) is 18.4. The lowest BCUT2D eigenvalue weighted by Crippen LogP contribution is -2.32. The molecule has 1 heteroatoms. The Morgan fingerprint density at radius 1 is 1.25 bits per heavy atom. The summed E-state index contributed by atoms with van der Waals surface area (Å²) in [6.45, 7) is 12.6. The van der Waals surface area contributed by atoms with Gasteiger partial charge in [0.2, 0.25) is 0 Å². The minimum atomic E-state index is -0.895. The summed E-state index contributed by atoms with van der Waals surface area (Å²) in [4.78, 5) is 0. The van der Waals surface area contributed by atoms with E-state index in [-0.39, 0.29) is 5.41 Å². The highest BCUT2D eigenvalue weighted by atomic mass is 16.3. The van der Waals surface area contributed by atoms with E-state index in [0.717, 1.165) is 6.42 Å². The molecule has 0 aliphatic heterocycles. The van der Waals surface area contributed by atoms with Gasteiger partial charge < -0.3 is 5.11 Å². The number of rotatable bonds is 3. The molecule has 3 rings (SSSR count). The van der Waals surface area contributed by atoms with Crippen LogP contribution in [-0.2, 0) is 0 Å². The second kappa shape index (κ2) is 8.46. The zero-order chi connectivity index (χ0) is 20.4. The first-order chi connectivity index (χ1) is 13.2. The molecule has 0 amide bonds. The Morgan fingerprint density at radius 2 is 2.00 bits per heavy atom. The summed E-state index contributed by atoms with van der Waals surface area (Å²) in [6.07, 6.45) is 18.1. The molecule has 2 fully saturated rings. The van der Waals surface area contributed by atoms with E-state index in [1.165, 1.54) is 62.5 Å². The van der Waals surface area contributed by atoms with Crippen LogP contribution in [0.1, 0.15) is 85.5 Å². The van der Waals surface area contributed by atoms with E-state index < -0.39 is 5.60 Å². The quantitative estimate of drug-likeness (QED) is 0.418. The number of aliphatic hydroxyl groups is 1. The first-order valence-corrected chi connectivity index (χ1v) is 11.2. The summed E-state index contributed by atoms with van der Waals surface area (Å²) in [6, 6.07) is 0. The van der Waals surface area contributed by atoms with Crippen LogP contribution < -0.4 is 0 Å². The average Bonchev–Trinajstić information content (AvgIpc) is 2.97. The smallest absolute Gasteiger partial charge is 0.119 e. The lowest BCUT2D eigenvalue weighted by molar-refractivity contribution is 0.143. The minimum Gasteiger partial charge on any atom is -0.378 e. The molecular weight excluding hydrogens is 340 g/mol. The molecule has 1 N–H and O–H groups in total. The molecule has 0 bridgehead atoms. The molecule has 2 saturated carbocycles. The Bertz CT molecular complexity index is 758. The van der Waals surface area contributed by atoms with Crippen molar-refractivity contribution in [2.45, 2.75) is 91.1 Å². The second-order valence-electron chi connectivity index (χ2n) is 9.93. The van der Waals surface area contributed by atoms with Crippen molar-refractivity contribution in [2.75, 3.05) is 0 Å². The molecule has 3 aliphatic rings. The zero-order valence-electron chi connectivity index (χ0n) is 18.4. The molecule has 152 valence electrons. The highest BCUT2D eigenvalue weighted by molar-refractivity contribution is 5.38. The van der Waals surface area contributed by atoms with Crippen LogP contribution >= 0.6 is 0 Å². The fraction of sp³-hybridized carbons (Fsp3) is 0.630. The molecule has 0 radical (unpaired) electrons. The van der Waals surface area contributed by atoms with Crippen LogP contribution in [0.3, 0.4) is 0 Å². The Labute approximate surface area is 172 Å². The fourth-order valence-corrected chi connectivity index (χ4v) is 5.55. The number of allylic oxidation sites excluding steroid dienone is 7. The molecule has 0 heterocycles. The molecule has 0 spiro atoms. The van der Waals surface area contributed by atoms with Crippen LogP contribution in [0.4, 0.5) is 0 Å². The standard InChI is InChI=1S/C27H38O/c1-20-10-6-7-12-22(20)14-15-23-13-9-19-27(5)24(16-17-25(23)27)21(2)11-8-18-26(3,4)28/h14-16,21,25,28H,1,6-7,9-13,17,19H2,2-5H3. The van der Waals surface area contributed by atoms with Crippen LogP contribution in [0.2, 0.25) is 0 Å². The second-order valence-corrected chi connectivity index (χ2v) is 9.93. The molecule has 0 saturated heterocycles. The summed E-state index contributed by atoms with van der Waals surface area (Å²) in [5.41, 5.74) is 5.46. The van der Waals surface area contributed by atoms with Crippen LogP contribution in [0.5, 0.6) is 0 Å². The number of fused-ring (bicyclic) bond motifs is 1. The summed E-state index contributed by atoms with van der Waals surface area (Å²) in [5, 5.41) is 9.85. The third-order valence-electron chi connectivity index (χ3n) is 7.07. The first-order valence-electron chi connectivity index (χ1n) is 11.2. The van der Waals surface area contributed by atoms with E-state index in [0.29, 0.717) is 11.8 Å². The SMILES string of the molecule is C=C1CCCCC1=CC=C1CCCC2(C)C(C(C)CC#CC(C)(C)O)=CCC12. The van der Waals surface area contributed by atoms with Crippen molar-refractivity contribution in [3.63, 3.8) is 0 Å². The lowest BCUT2D eigenvalue weighted by atomic mass is 9.62. The Hall–Kier alpha value is -1.52. The molecule has 0 aromatic rings. The van der Waals surface area contributed by atoms with Crippen LogP contribution in [-0.4, -0.2) is 10.7 Å². The fourth-order valence-electron chi connectivity index (χ4n) is 5.55. The van der Waals surface area contributed by atoms with E-state index in [9.17, 15) is 5.11 Å². The van der Waals surface area contributed by atoms with Crippen molar-refractivity contribution in [1.82, 2.24) is 0 Å². The summed E-state index contributed by atoms with van der Waals surface area (Å²) >= 11 is 0. The van der Waals surface area contributed by atoms with E-state index in [2.05, 4.69) is 50.5 Å². The average molecular weight is 379 g/mol. The summed E-state index contributed by atoms with van der Waals surface area (Å²) < 4.78 is 0. The molecule has 0 aromatic heterocycles. The highest BCUT2D eigenvalue weighted by Gasteiger charge is 2.45. The molecule has 0 aromatic carbocycles. The van der Waals surface area contributed by atoms with Gasteiger partial charge in [-0.15, -0.1) is 0 Å². The third-order valence-corrected chi connectivity index (χ3v) is 7.07. The topological polar surface area (TPSA) is 20.2 Å². The highest BCUT2D eigenvalue weighted by Crippen LogP contribution is 2.56. The molecule has 3 aliphatic carbocycles. The van der Waals surface area contributed by atoms with Gasteiger partial charge in [0.1, 0.15) is 5.60 Å². The Balaban J connectivity index is 1.74. The van der Waals surface area contributed by atoms with Crippen molar-refractivity contribution in [1.29, 1.82) is 0 Å². The van der Waals surface area contributed by atoms with Crippen molar-refractivity contribution >= 4 is 0 Å². The van der Waals surface area contributed by atoms with Gasteiger partial charge >= 0.3 is 0 Å². The first kappa shape index (κ1) is 21.2. The number of hydrogen-bond acceptors (Lipinski definition) is 1. The van der Waals surface area contributed by atoms with Crippen molar-refractivity contribution in [2.24, 2.45) is 17.3 Å². The lowest BCUT2D eigenvalue weighted by Gasteiger charge is -2.42. The van der Waals surface area contributed by atoms with Crippen LogP contribution in [0, 0.1) is 29.1 Å². The molecule has 3 atom stereocenters. The Morgan fingerprint density at radius 3 is 2.71 bits per heavy atom. The molecule has 1 nitrogen and oxygen atoms in total. The van der Waals surface area contributed by atoms with Gasteiger partial charge in [0, 0.05) is 6.42 Å². The molecular formula is C27H38O. The van der Waals surface area contributed by atoms with Crippen LogP contribution in [0.15, 0.2) is 47.1 Å². The van der Waals surface area contributed by atoms with E-state index >= 15 is 0 Å². The van der Waals surface area contributed by atoms with Crippen molar-refractivity contribution < 1.29 is 5.11 Å². The number of hydrogen-bond donors (Lipinski definition) is 1. The monoisotopic (exact) mass is 378 g/mol. The van der Waals surface area contributed by atoms with E-state index in [4.69, 9.17) is 0 Å². The third kappa shape index (κ3) is 4.72. The Kier molecular flexibility index (Phi) is 6.41. The van der Waals surface area contributed by atoms with Gasteiger partial charge in [-0.2, -0.15) is 0 Å². The van der Waals surface area contributed by atoms with E-state index in [1.807, 2.05) is 0 Å². The molecule has 3 unspecified atom stereocenters. The maximum Gasteiger partial charge on any atom is 0.119 e. The van der Waals surface area contributed by atoms with Gasteiger partial charge in [-0.25, -0.2) is 0 Å².